The maximum Gasteiger partial charge on any atom is 0.241 e. The van der Waals surface area contributed by atoms with E-state index in [2.05, 4.69) is 4.72 Å². The lowest BCUT2D eigenvalue weighted by Gasteiger charge is -2.13. The number of nitriles is 1. The SMILES string of the molecule is CC(=O)C(C)NS(=O)(=O)c1cc(C#N)ccc1C. The highest BCUT2D eigenvalue weighted by Gasteiger charge is 2.21. The lowest BCUT2D eigenvalue weighted by atomic mass is 10.2. The summed E-state index contributed by atoms with van der Waals surface area (Å²) in [6, 6.07) is 5.49. The van der Waals surface area contributed by atoms with Crippen LogP contribution >= 0.6 is 0 Å². The molecule has 1 unspecified atom stereocenters. The van der Waals surface area contributed by atoms with Crippen LogP contribution in [0.15, 0.2) is 23.1 Å². The second-order valence-corrected chi connectivity index (χ2v) is 5.73. The Labute approximate surface area is 106 Å². The van der Waals surface area contributed by atoms with Gasteiger partial charge in [0, 0.05) is 0 Å². The Bertz CT molecular complexity index is 615. The molecule has 1 aromatic carbocycles. The van der Waals surface area contributed by atoms with Crippen LogP contribution in [0.25, 0.3) is 0 Å². The molecule has 0 bridgehead atoms. The van der Waals surface area contributed by atoms with Gasteiger partial charge in [-0.1, -0.05) is 6.07 Å². The van der Waals surface area contributed by atoms with Gasteiger partial charge in [0.15, 0.2) is 0 Å². The van der Waals surface area contributed by atoms with Crippen LogP contribution < -0.4 is 4.72 Å². The summed E-state index contributed by atoms with van der Waals surface area (Å²) in [5.74, 6) is -0.271. The minimum atomic E-state index is -3.79. The molecule has 0 aliphatic heterocycles. The number of hydrogen-bond acceptors (Lipinski definition) is 4. The Morgan fingerprint density at radius 1 is 1.44 bits per heavy atom. The summed E-state index contributed by atoms with van der Waals surface area (Å²) in [6.45, 7) is 4.42. The molecule has 0 heterocycles. The van der Waals surface area contributed by atoms with Crippen LogP contribution in [-0.2, 0) is 14.8 Å². The summed E-state index contributed by atoms with van der Waals surface area (Å²) in [5.41, 5.74) is 0.786. The van der Waals surface area contributed by atoms with Crippen molar-refractivity contribution in [3.63, 3.8) is 0 Å². The van der Waals surface area contributed by atoms with Crippen molar-refractivity contribution < 1.29 is 13.2 Å². The van der Waals surface area contributed by atoms with Crippen LogP contribution in [0.1, 0.15) is 25.0 Å². The van der Waals surface area contributed by atoms with Gasteiger partial charge in [0.1, 0.15) is 5.78 Å². The number of aryl methyl sites for hydroxylation is 1. The summed E-state index contributed by atoms with van der Waals surface area (Å²) in [4.78, 5) is 11.1. The zero-order valence-corrected chi connectivity index (χ0v) is 11.2. The zero-order valence-electron chi connectivity index (χ0n) is 10.4. The van der Waals surface area contributed by atoms with E-state index in [1.807, 2.05) is 6.07 Å². The minimum Gasteiger partial charge on any atom is -0.298 e. The number of hydrogen-bond donors (Lipinski definition) is 1. The first-order valence-corrected chi connectivity index (χ1v) is 6.80. The van der Waals surface area contributed by atoms with Crippen LogP contribution in [0.3, 0.4) is 0 Å². The van der Waals surface area contributed by atoms with Gasteiger partial charge in [-0.3, -0.25) is 4.79 Å². The van der Waals surface area contributed by atoms with Gasteiger partial charge in [-0.2, -0.15) is 5.26 Å². The first kappa shape index (κ1) is 14.4. The monoisotopic (exact) mass is 266 g/mol. The van der Waals surface area contributed by atoms with Crippen LogP contribution in [0, 0.1) is 18.3 Å². The standard InChI is InChI=1S/C12H14N2O3S/c1-8-4-5-11(7-13)6-12(8)18(16,17)14-9(2)10(3)15/h4-6,9,14H,1-3H3. The lowest BCUT2D eigenvalue weighted by molar-refractivity contribution is -0.118. The second-order valence-electron chi connectivity index (χ2n) is 4.05. The van der Waals surface area contributed by atoms with Gasteiger partial charge in [0.25, 0.3) is 0 Å². The molecule has 1 atom stereocenters. The van der Waals surface area contributed by atoms with Crippen LogP contribution in [-0.4, -0.2) is 20.2 Å². The van der Waals surface area contributed by atoms with Crippen molar-refractivity contribution in [2.45, 2.75) is 31.7 Å². The van der Waals surface area contributed by atoms with Crippen molar-refractivity contribution in [1.82, 2.24) is 4.72 Å². The number of nitrogens with zero attached hydrogens (tertiary/aromatic N) is 1. The highest BCUT2D eigenvalue weighted by atomic mass is 32.2. The van der Waals surface area contributed by atoms with Crippen LogP contribution in [0.4, 0.5) is 0 Å². The molecular weight excluding hydrogens is 252 g/mol. The van der Waals surface area contributed by atoms with Crippen molar-refractivity contribution in [3.8, 4) is 6.07 Å². The second kappa shape index (κ2) is 5.29. The van der Waals surface area contributed by atoms with Crippen molar-refractivity contribution in [2.75, 3.05) is 0 Å². The van der Waals surface area contributed by atoms with Gasteiger partial charge >= 0.3 is 0 Å². The molecule has 0 aliphatic carbocycles. The molecule has 1 N–H and O–H groups in total. The van der Waals surface area contributed by atoms with E-state index in [1.54, 1.807) is 19.1 Å². The first-order valence-electron chi connectivity index (χ1n) is 5.31. The Morgan fingerprint density at radius 2 is 2.06 bits per heavy atom. The molecule has 0 saturated carbocycles. The Morgan fingerprint density at radius 3 is 2.56 bits per heavy atom. The summed E-state index contributed by atoms with van der Waals surface area (Å²) in [5, 5.41) is 8.77. The summed E-state index contributed by atoms with van der Waals surface area (Å²) >= 11 is 0. The van der Waals surface area contributed by atoms with E-state index in [0.29, 0.717) is 5.56 Å². The van der Waals surface area contributed by atoms with Crippen molar-refractivity contribution in [3.05, 3.63) is 29.3 Å². The van der Waals surface area contributed by atoms with Gasteiger partial charge < -0.3 is 0 Å². The molecule has 6 heteroatoms. The molecular formula is C12H14N2O3S. The highest BCUT2D eigenvalue weighted by molar-refractivity contribution is 7.89. The molecule has 5 nitrogen and oxygen atoms in total. The van der Waals surface area contributed by atoms with E-state index in [1.165, 1.54) is 19.9 Å². The number of Topliss-reactive ketones (excluding diaryl/α,β-unsaturated/α-hetero) is 1. The molecule has 0 spiro atoms. The van der Waals surface area contributed by atoms with E-state index >= 15 is 0 Å². The summed E-state index contributed by atoms with van der Waals surface area (Å²) in [7, 11) is -3.79. The van der Waals surface area contributed by atoms with Crippen LogP contribution in [0.2, 0.25) is 0 Å². The number of carbonyl (C=O) groups excluding carboxylic acids is 1. The first-order chi connectivity index (χ1) is 8.27. The molecule has 18 heavy (non-hydrogen) atoms. The third-order valence-corrected chi connectivity index (χ3v) is 4.23. The van der Waals surface area contributed by atoms with Crippen molar-refractivity contribution in [2.24, 2.45) is 0 Å². The normalized spacial score (nSPS) is 12.8. The van der Waals surface area contributed by atoms with Gasteiger partial charge in [0.2, 0.25) is 10.0 Å². The number of sulfonamides is 1. The molecule has 0 amide bonds. The topological polar surface area (TPSA) is 87.0 Å². The van der Waals surface area contributed by atoms with Crippen molar-refractivity contribution >= 4 is 15.8 Å². The molecule has 1 aromatic rings. The quantitative estimate of drug-likeness (QED) is 0.884. The predicted octanol–water partition coefficient (Wildman–Crippen LogP) is 1.12. The molecule has 1 rings (SSSR count). The maximum absolute atomic E-state index is 12.1. The number of rotatable bonds is 4. The third kappa shape index (κ3) is 3.15. The number of nitrogens with one attached hydrogen (secondary N) is 1. The Hall–Kier alpha value is -1.71. The maximum atomic E-state index is 12.1. The van der Waals surface area contributed by atoms with Gasteiger partial charge in [-0.15, -0.1) is 0 Å². The minimum absolute atomic E-state index is 0.0228. The fraction of sp³-hybridized carbons (Fsp3) is 0.333. The van der Waals surface area contributed by atoms with Crippen molar-refractivity contribution in [1.29, 1.82) is 5.26 Å². The van der Waals surface area contributed by atoms with E-state index in [0.717, 1.165) is 0 Å². The van der Waals surface area contributed by atoms with E-state index in [9.17, 15) is 13.2 Å². The highest BCUT2D eigenvalue weighted by Crippen LogP contribution is 2.17. The average molecular weight is 266 g/mol. The van der Waals surface area contributed by atoms with Gasteiger partial charge in [-0.25, -0.2) is 13.1 Å². The van der Waals surface area contributed by atoms with E-state index < -0.39 is 16.1 Å². The number of carbonyl (C=O) groups is 1. The molecule has 0 aromatic heterocycles. The van der Waals surface area contributed by atoms with Gasteiger partial charge in [-0.05, 0) is 38.5 Å². The number of ketones is 1. The fourth-order valence-electron chi connectivity index (χ4n) is 1.34. The molecule has 0 radical (unpaired) electrons. The zero-order chi connectivity index (χ0) is 13.9. The Balaban J connectivity index is 3.21. The smallest absolute Gasteiger partial charge is 0.241 e. The summed E-state index contributed by atoms with van der Waals surface area (Å²) in [6.07, 6.45) is 0. The molecule has 96 valence electrons. The fourth-order valence-corrected chi connectivity index (χ4v) is 2.87. The van der Waals surface area contributed by atoms with E-state index in [4.69, 9.17) is 5.26 Å². The lowest BCUT2D eigenvalue weighted by Crippen LogP contribution is -2.37. The predicted molar refractivity (Wildman–Crippen MR) is 66.4 cm³/mol. The third-order valence-electron chi connectivity index (χ3n) is 2.55. The Kier molecular flexibility index (Phi) is 4.22. The molecule has 0 saturated heterocycles. The van der Waals surface area contributed by atoms with E-state index in [-0.39, 0.29) is 16.2 Å². The largest absolute Gasteiger partial charge is 0.298 e. The van der Waals surface area contributed by atoms with Crippen LogP contribution in [0.5, 0.6) is 0 Å². The number of benzene rings is 1. The molecule has 0 aliphatic rings. The summed E-state index contributed by atoms with van der Waals surface area (Å²) < 4.78 is 26.4. The molecule has 0 fully saturated rings. The average Bonchev–Trinajstić information content (AvgIpc) is 2.28. The van der Waals surface area contributed by atoms with Gasteiger partial charge in [0.05, 0.1) is 22.6 Å².